The number of benzene rings is 1. The van der Waals surface area contributed by atoms with E-state index in [9.17, 15) is 24.3 Å². The molecule has 0 aliphatic carbocycles. The minimum atomic E-state index is -1.37. The fourth-order valence-corrected chi connectivity index (χ4v) is 3.40. The molecule has 220 valence electrons. The summed E-state index contributed by atoms with van der Waals surface area (Å²) < 4.78 is 26.4. The lowest BCUT2D eigenvalue weighted by Gasteiger charge is -2.25. The Balaban J connectivity index is 3.30. The SMILES string of the molecule is CCC(C)OC(=O)Oc1ccc(C(CC(C)OC(=O)CCC(C)C)[C@H](N)C(=O)O)cc1OC(=O)OC(C)CC. The second kappa shape index (κ2) is 16.6. The highest BCUT2D eigenvalue weighted by Gasteiger charge is 2.30. The van der Waals surface area contributed by atoms with Gasteiger partial charge in [0.05, 0.1) is 6.10 Å². The van der Waals surface area contributed by atoms with Crippen LogP contribution in [0.4, 0.5) is 9.59 Å². The standard InChI is InChI=1S/C28H43NO10/c1-8-17(5)36-27(33)38-22-12-11-20(15-23(22)39-28(34)37-18(6)9-2)21(25(29)26(31)32)14-19(7)35-24(30)13-10-16(3)4/h11-12,15-19,21,25H,8-10,13-14,29H2,1-7H3,(H,31,32)/t17?,18?,19?,21?,25-/m0/s1. The average molecular weight is 554 g/mol. The molecule has 0 heterocycles. The van der Waals surface area contributed by atoms with Gasteiger partial charge in [-0.2, -0.15) is 0 Å². The molecule has 0 aliphatic heterocycles. The van der Waals surface area contributed by atoms with Gasteiger partial charge in [-0.25, -0.2) is 9.59 Å². The van der Waals surface area contributed by atoms with Crippen molar-refractivity contribution in [1.82, 2.24) is 0 Å². The molecule has 11 heteroatoms. The van der Waals surface area contributed by atoms with Crippen LogP contribution in [-0.2, 0) is 23.8 Å². The van der Waals surface area contributed by atoms with Gasteiger partial charge in [-0.3, -0.25) is 9.59 Å². The Morgan fingerprint density at radius 2 is 1.36 bits per heavy atom. The predicted octanol–water partition coefficient (Wildman–Crippen LogP) is 5.57. The number of carbonyl (C=O) groups excluding carboxylic acids is 3. The first-order valence-corrected chi connectivity index (χ1v) is 13.4. The number of rotatable bonds is 15. The first kappa shape index (κ1) is 33.7. The summed E-state index contributed by atoms with van der Waals surface area (Å²) in [7, 11) is 0. The van der Waals surface area contributed by atoms with Crippen LogP contribution in [-0.4, -0.2) is 53.7 Å². The summed E-state index contributed by atoms with van der Waals surface area (Å²) in [5, 5.41) is 9.65. The number of esters is 1. The molecule has 0 bridgehead atoms. The Bertz CT molecular complexity index is 964. The number of ether oxygens (including phenoxy) is 5. The highest BCUT2D eigenvalue weighted by Crippen LogP contribution is 2.35. The largest absolute Gasteiger partial charge is 0.514 e. The molecule has 0 saturated carbocycles. The van der Waals surface area contributed by atoms with E-state index in [0.29, 0.717) is 30.7 Å². The molecule has 0 saturated heterocycles. The lowest BCUT2D eigenvalue weighted by Crippen LogP contribution is -2.38. The maximum Gasteiger partial charge on any atom is 0.514 e. The van der Waals surface area contributed by atoms with Gasteiger partial charge in [-0.05, 0) is 70.1 Å². The number of carboxylic acid groups (broad SMARTS) is 1. The minimum Gasteiger partial charge on any atom is -0.480 e. The summed E-state index contributed by atoms with van der Waals surface area (Å²) in [5.41, 5.74) is 6.38. The van der Waals surface area contributed by atoms with Crippen molar-refractivity contribution in [3.05, 3.63) is 23.8 Å². The summed E-state index contributed by atoms with van der Waals surface area (Å²) in [6.07, 6.45) is -1.43. The Labute approximate surface area is 230 Å². The molecule has 1 rings (SSSR count). The van der Waals surface area contributed by atoms with Crippen LogP contribution in [0.2, 0.25) is 0 Å². The van der Waals surface area contributed by atoms with Crippen LogP contribution < -0.4 is 15.2 Å². The molecular formula is C28H43NO10. The summed E-state index contributed by atoms with van der Waals surface area (Å²) in [4.78, 5) is 48.7. The molecule has 1 aromatic carbocycles. The van der Waals surface area contributed by atoms with Gasteiger partial charge in [0.25, 0.3) is 0 Å². The summed E-state index contributed by atoms with van der Waals surface area (Å²) in [6.45, 7) is 12.7. The third kappa shape index (κ3) is 12.4. The van der Waals surface area contributed by atoms with Crippen molar-refractivity contribution in [2.75, 3.05) is 0 Å². The molecule has 0 spiro atoms. The first-order chi connectivity index (χ1) is 18.3. The van der Waals surface area contributed by atoms with E-state index in [1.807, 2.05) is 27.7 Å². The molecule has 0 amide bonds. The molecule has 3 N–H and O–H groups in total. The molecule has 0 aromatic heterocycles. The molecule has 5 atom stereocenters. The van der Waals surface area contributed by atoms with Crippen LogP contribution in [0.5, 0.6) is 11.5 Å². The van der Waals surface area contributed by atoms with E-state index in [1.165, 1.54) is 18.2 Å². The summed E-state index contributed by atoms with van der Waals surface area (Å²) in [6, 6.07) is 2.83. The molecule has 1 aromatic rings. The highest BCUT2D eigenvalue weighted by molar-refractivity contribution is 5.75. The smallest absolute Gasteiger partial charge is 0.480 e. The molecule has 39 heavy (non-hydrogen) atoms. The molecule has 0 radical (unpaired) electrons. The minimum absolute atomic E-state index is 0.0773. The third-order valence-corrected chi connectivity index (χ3v) is 6.09. The average Bonchev–Trinajstić information content (AvgIpc) is 2.86. The van der Waals surface area contributed by atoms with Crippen LogP contribution >= 0.6 is 0 Å². The highest BCUT2D eigenvalue weighted by atomic mass is 16.7. The summed E-state index contributed by atoms with van der Waals surface area (Å²) >= 11 is 0. The molecular weight excluding hydrogens is 510 g/mol. The van der Waals surface area contributed by atoms with E-state index in [4.69, 9.17) is 29.4 Å². The topological polar surface area (TPSA) is 161 Å². The van der Waals surface area contributed by atoms with Crippen molar-refractivity contribution in [2.24, 2.45) is 11.7 Å². The van der Waals surface area contributed by atoms with Crippen LogP contribution in [0.25, 0.3) is 0 Å². The van der Waals surface area contributed by atoms with Crippen LogP contribution in [0.3, 0.4) is 0 Å². The fraction of sp³-hybridized carbons (Fsp3) is 0.643. The van der Waals surface area contributed by atoms with Gasteiger partial charge < -0.3 is 34.5 Å². The van der Waals surface area contributed by atoms with Gasteiger partial charge >= 0.3 is 24.2 Å². The quantitative estimate of drug-likeness (QED) is 0.159. The van der Waals surface area contributed by atoms with E-state index in [-0.39, 0.29) is 30.3 Å². The lowest BCUT2D eigenvalue weighted by atomic mass is 9.87. The van der Waals surface area contributed by atoms with Gasteiger partial charge in [0.1, 0.15) is 18.2 Å². The molecule has 0 aliphatic rings. The van der Waals surface area contributed by atoms with Crippen molar-refractivity contribution < 1.29 is 48.0 Å². The zero-order valence-electron chi connectivity index (χ0n) is 23.9. The lowest BCUT2D eigenvalue weighted by molar-refractivity contribution is -0.149. The van der Waals surface area contributed by atoms with E-state index in [2.05, 4.69) is 0 Å². The normalized spacial score (nSPS) is 14.9. The second-order valence-electron chi connectivity index (χ2n) is 10.0. The van der Waals surface area contributed by atoms with E-state index in [0.717, 1.165) is 0 Å². The monoisotopic (exact) mass is 553 g/mol. The molecule has 0 fully saturated rings. The molecule has 11 nitrogen and oxygen atoms in total. The van der Waals surface area contributed by atoms with E-state index in [1.54, 1.807) is 20.8 Å². The first-order valence-electron chi connectivity index (χ1n) is 13.4. The Morgan fingerprint density at radius 1 is 0.821 bits per heavy atom. The van der Waals surface area contributed by atoms with Crippen LogP contribution in [0, 0.1) is 5.92 Å². The zero-order valence-corrected chi connectivity index (χ0v) is 23.9. The van der Waals surface area contributed by atoms with Gasteiger partial charge in [0.15, 0.2) is 11.5 Å². The predicted molar refractivity (Wildman–Crippen MR) is 143 cm³/mol. The van der Waals surface area contributed by atoms with Crippen molar-refractivity contribution in [3.63, 3.8) is 0 Å². The number of hydrogen-bond donors (Lipinski definition) is 2. The Hall–Kier alpha value is -3.34. The van der Waals surface area contributed by atoms with Gasteiger partial charge in [0.2, 0.25) is 0 Å². The number of carbonyl (C=O) groups is 4. The summed E-state index contributed by atoms with van der Waals surface area (Å²) in [5.74, 6) is -2.50. The maximum atomic E-state index is 12.4. The van der Waals surface area contributed by atoms with Gasteiger partial charge in [-0.1, -0.05) is 33.8 Å². The maximum absolute atomic E-state index is 12.4. The number of hydrogen-bond acceptors (Lipinski definition) is 10. The van der Waals surface area contributed by atoms with Crippen molar-refractivity contribution in [1.29, 1.82) is 0 Å². The van der Waals surface area contributed by atoms with Gasteiger partial charge in [-0.15, -0.1) is 0 Å². The van der Waals surface area contributed by atoms with E-state index >= 15 is 0 Å². The van der Waals surface area contributed by atoms with E-state index < -0.39 is 48.6 Å². The van der Waals surface area contributed by atoms with Crippen LogP contribution in [0.15, 0.2) is 18.2 Å². The number of nitrogens with two attached hydrogens (primary N) is 1. The third-order valence-electron chi connectivity index (χ3n) is 6.09. The van der Waals surface area contributed by atoms with Crippen molar-refractivity contribution in [2.45, 2.75) is 111 Å². The van der Waals surface area contributed by atoms with Crippen molar-refractivity contribution >= 4 is 24.2 Å². The number of carboxylic acids is 1. The zero-order chi connectivity index (χ0) is 29.7. The Morgan fingerprint density at radius 3 is 1.85 bits per heavy atom. The Kier molecular flexibility index (Phi) is 14.3. The van der Waals surface area contributed by atoms with Gasteiger partial charge in [0, 0.05) is 12.3 Å². The second-order valence-corrected chi connectivity index (χ2v) is 10.0. The molecule has 4 unspecified atom stereocenters. The fourth-order valence-electron chi connectivity index (χ4n) is 3.40. The van der Waals surface area contributed by atoms with Crippen molar-refractivity contribution in [3.8, 4) is 11.5 Å². The van der Waals surface area contributed by atoms with Crippen LogP contribution in [0.1, 0.15) is 92.1 Å². The number of aliphatic carboxylic acids is 1.